The zero-order chi connectivity index (χ0) is 33.7. The Bertz CT molecular complexity index is 2480. The van der Waals surface area contributed by atoms with E-state index >= 15 is 0 Å². The monoisotopic (exact) mass is 643 g/mol. The summed E-state index contributed by atoms with van der Waals surface area (Å²) in [6.45, 7) is 4.56. The van der Waals surface area contributed by atoms with Crippen LogP contribution in [0.4, 0.5) is 0 Å². The highest BCUT2D eigenvalue weighted by Gasteiger charge is 2.34. The van der Waals surface area contributed by atoms with E-state index in [2.05, 4.69) is 111 Å². The van der Waals surface area contributed by atoms with Gasteiger partial charge in [0.2, 0.25) is 0 Å². The van der Waals surface area contributed by atoms with Crippen molar-refractivity contribution in [1.82, 2.24) is 15.0 Å². The van der Waals surface area contributed by atoms with E-state index < -0.39 is 0 Å². The van der Waals surface area contributed by atoms with Gasteiger partial charge in [0.25, 0.3) is 0 Å². The molecule has 2 heterocycles. The van der Waals surface area contributed by atoms with Gasteiger partial charge in [-0.1, -0.05) is 153 Å². The summed E-state index contributed by atoms with van der Waals surface area (Å²) in [7, 11) is 0. The third kappa shape index (κ3) is 5.13. The highest BCUT2D eigenvalue weighted by atomic mass is 16.5. The first-order valence-electron chi connectivity index (χ1n) is 16.9. The molecule has 238 valence electrons. The number of para-hydroxylation sites is 1. The van der Waals surface area contributed by atoms with Gasteiger partial charge in [0.15, 0.2) is 17.5 Å². The van der Waals surface area contributed by atoms with Gasteiger partial charge in [0.1, 0.15) is 11.5 Å². The standard InChI is InChI=1S/C46H33N3O/c1-46(2)39-22-11-12-23-41(39)50-42-27-24-33(29-40(42)46)36-26-25-35(37-20-9-10-21-38(36)37)32-18-13-19-34(28-32)45-48-43(30-14-5-3-6-15-30)47-44(49-45)31-16-7-4-8-17-31/h3-29H,1-2H3. The second-order valence-corrected chi connectivity index (χ2v) is 13.3. The summed E-state index contributed by atoms with van der Waals surface area (Å²) in [5.41, 5.74) is 9.66. The average molecular weight is 644 g/mol. The molecule has 0 atom stereocenters. The molecule has 0 spiro atoms. The second-order valence-electron chi connectivity index (χ2n) is 13.3. The summed E-state index contributed by atoms with van der Waals surface area (Å²) >= 11 is 0. The molecule has 50 heavy (non-hydrogen) atoms. The van der Waals surface area contributed by atoms with Gasteiger partial charge in [-0.3, -0.25) is 0 Å². The lowest BCUT2D eigenvalue weighted by molar-refractivity contribution is 0.418. The summed E-state index contributed by atoms with van der Waals surface area (Å²) in [5.74, 6) is 3.79. The molecule has 1 aromatic heterocycles. The number of benzene rings is 7. The van der Waals surface area contributed by atoms with Gasteiger partial charge in [-0.25, -0.2) is 15.0 Å². The molecule has 4 heteroatoms. The SMILES string of the molecule is CC1(C)c2ccccc2Oc2ccc(-c3ccc(-c4cccc(-c5nc(-c6ccccc6)nc(-c6ccccc6)n5)c4)c4ccccc34)cc21. The Balaban J connectivity index is 1.14. The molecular formula is C46H33N3O. The fraction of sp³-hybridized carbons (Fsp3) is 0.0652. The van der Waals surface area contributed by atoms with Crippen LogP contribution in [0.2, 0.25) is 0 Å². The summed E-state index contributed by atoms with van der Waals surface area (Å²) in [6.07, 6.45) is 0. The molecule has 0 saturated carbocycles. The van der Waals surface area contributed by atoms with Crippen molar-refractivity contribution >= 4 is 10.8 Å². The predicted molar refractivity (Wildman–Crippen MR) is 203 cm³/mol. The molecule has 1 aliphatic heterocycles. The Morgan fingerprint density at radius 1 is 0.380 bits per heavy atom. The van der Waals surface area contributed by atoms with Crippen molar-refractivity contribution in [1.29, 1.82) is 0 Å². The molecule has 0 fully saturated rings. The van der Waals surface area contributed by atoms with Crippen molar-refractivity contribution in [2.45, 2.75) is 19.3 Å². The summed E-state index contributed by atoms with van der Waals surface area (Å²) in [6, 6.07) is 56.8. The molecule has 0 bridgehead atoms. The van der Waals surface area contributed by atoms with Gasteiger partial charge in [-0.15, -0.1) is 0 Å². The lowest BCUT2D eigenvalue weighted by Gasteiger charge is -2.34. The normalized spacial score (nSPS) is 12.9. The van der Waals surface area contributed by atoms with Gasteiger partial charge in [0.05, 0.1) is 0 Å². The highest BCUT2D eigenvalue weighted by Crippen LogP contribution is 2.49. The van der Waals surface area contributed by atoms with Crippen LogP contribution in [0.3, 0.4) is 0 Å². The van der Waals surface area contributed by atoms with Crippen LogP contribution in [-0.2, 0) is 5.41 Å². The van der Waals surface area contributed by atoms with E-state index in [-0.39, 0.29) is 5.41 Å². The maximum Gasteiger partial charge on any atom is 0.164 e. The zero-order valence-corrected chi connectivity index (χ0v) is 27.8. The summed E-state index contributed by atoms with van der Waals surface area (Å²) in [4.78, 5) is 14.8. The van der Waals surface area contributed by atoms with E-state index in [1.165, 1.54) is 33.0 Å². The fourth-order valence-electron chi connectivity index (χ4n) is 7.18. The largest absolute Gasteiger partial charge is 0.457 e. The maximum atomic E-state index is 6.37. The van der Waals surface area contributed by atoms with E-state index in [4.69, 9.17) is 19.7 Å². The van der Waals surface area contributed by atoms with E-state index in [0.717, 1.165) is 39.3 Å². The molecule has 9 rings (SSSR count). The molecule has 7 aromatic carbocycles. The van der Waals surface area contributed by atoms with Gasteiger partial charge in [0, 0.05) is 33.2 Å². The lowest BCUT2D eigenvalue weighted by Crippen LogP contribution is -2.24. The van der Waals surface area contributed by atoms with Crippen molar-refractivity contribution in [2.24, 2.45) is 0 Å². The van der Waals surface area contributed by atoms with Gasteiger partial charge in [-0.2, -0.15) is 0 Å². The Hall–Kier alpha value is -6.39. The van der Waals surface area contributed by atoms with E-state index in [0.29, 0.717) is 17.5 Å². The Morgan fingerprint density at radius 3 is 1.50 bits per heavy atom. The van der Waals surface area contributed by atoms with Crippen molar-refractivity contribution in [3.05, 3.63) is 175 Å². The van der Waals surface area contributed by atoms with E-state index in [1.54, 1.807) is 0 Å². The molecule has 0 N–H and O–H groups in total. The number of hydrogen-bond acceptors (Lipinski definition) is 4. The highest BCUT2D eigenvalue weighted by molar-refractivity contribution is 6.05. The van der Waals surface area contributed by atoms with Crippen LogP contribution in [0.15, 0.2) is 164 Å². The average Bonchev–Trinajstić information content (AvgIpc) is 3.18. The molecule has 1 aliphatic rings. The van der Waals surface area contributed by atoms with Gasteiger partial charge < -0.3 is 4.74 Å². The van der Waals surface area contributed by atoms with Gasteiger partial charge >= 0.3 is 0 Å². The summed E-state index contributed by atoms with van der Waals surface area (Å²) in [5, 5.41) is 2.38. The molecule has 0 unspecified atom stereocenters. The van der Waals surface area contributed by atoms with Crippen molar-refractivity contribution < 1.29 is 4.74 Å². The number of nitrogens with zero attached hydrogens (tertiary/aromatic N) is 3. The minimum atomic E-state index is -0.188. The van der Waals surface area contributed by atoms with Crippen LogP contribution >= 0.6 is 0 Å². The van der Waals surface area contributed by atoms with Crippen LogP contribution < -0.4 is 4.74 Å². The predicted octanol–water partition coefficient (Wildman–Crippen LogP) is 11.8. The minimum Gasteiger partial charge on any atom is -0.457 e. The van der Waals surface area contributed by atoms with E-state index in [1.807, 2.05) is 66.7 Å². The first-order valence-corrected chi connectivity index (χ1v) is 16.9. The van der Waals surface area contributed by atoms with Gasteiger partial charge in [-0.05, 0) is 57.3 Å². The molecule has 0 saturated heterocycles. The third-order valence-electron chi connectivity index (χ3n) is 9.80. The van der Waals surface area contributed by atoms with Crippen LogP contribution in [-0.4, -0.2) is 15.0 Å². The molecule has 4 nitrogen and oxygen atoms in total. The molecule has 0 radical (unpaired) electrons. The lowest BCUT2D eigenvalue weighted by atomic mass is 9.75. The Kier molecular flexibility index (Phi) is 7.10. The van der Waals surface area contributed by atoms with Crippen molar-refractivity contribution in [2.75, 3.05) is 0 Å². The van der Waals surface area contributed by atoms with Crippen LogP contribution in [0.1, 0.15) is 25.0 Å². The number of hydrogen-bond donors (Lipinski definition) is 0. The quantitative estimate of drug-likeness (QED) is 0.187. The second kappa shape index (κ2) is 11.9. The first kappa shape index (κ1) is 29.7. The Morgan fingerprint density at radius 2 is 0.860 bits per heavy atom. The molecule has 8 aromatic rings. The smallest absolute Gasteiger partial charge is 0.164 e. The fourth-order valence-corrected chi connectivity index (χ4v) is 7.18. The van der Waals surface area contributed by atoms with Crippen LogP contribution in [0, 0.1) is 0 Å². The van der Waals surface area contributed by atoms with Crippen molar-refractivity contribution in [3.63, 3.8) is 0 Å². The first-order chi connectivity index (χ1) is 24.5. The number of fused-ring (bicyclic) bond motifs is 3. The number of rotatable bonds is 5. The zero-order valence-electron chi connectivity index (χ0n) is 27.8. The third-order valence-corrected chi connectivity index (χ3v) is 9.80. The number of ether oxygens (including phenoxy) is 1. The Labute approximate surface area is 291 Å². The topological polar surface area (TPSA) is 47.9 Å². The molecular weight excluding hydrogens is 611 g/mol. The van der Waals surface area contributed by atoms with Crippen LogP contribution in [0.25, 0.3) is 67.2 Å². The summed E-state index contributed by atoms with van der Waals surface area (Å²) < 4.78 is 6.37. The minimum absolute atomic E-state index is 0.188. The molecule has 0 amide bonds. The van der Waals surface area contributed by atoms with E-state index in [9.17, 15) is 0 Å². The van der Waals surface area contributed by atoms with Crippen molar-refractivity contribution in [3.8, 4) is 67.9 Å². The van der Waals surface area contributed by atoms with Crippen LogP contribution in [0.5, 0.6) is 11.5 Å². The maximum absolute atomic E-state index is 6.37. The number of aromatic nitrogens is 3. The molecule has 0 aliphatic carbocycles.